The number of hydrogen-bond donors (Lipinski definition) is 3. The summed E-state index contributed by atoms with van der Waals surface area (Å²) in [6, 6.07) is 8.33. The van der Waals surface area contributed by atoms with E-state index in [1.165, 1.54) is 18.5 Å². The van der Waals surface area contributed by atoms with Gasteiger partial charge in [-0.3, -0.25) is 9.78 Å². The van der Waals surface area contributed by atoms with Crippen LogP contribution in [0.25, 0.3) is 0 Å². The summed E-state index contributed by atoms with van der Waals surface area (Å²) in [7, 11) is 0. The van der Waals surface area contributed by atoms with Gasteiger partial charge in [0.15, 0.2) is 0 Å². The molecule has 2 rings (SSSR count). The van der Waals surface area contributed by atoms with Crippen molar-refractivity contribution < 1.29 is 15.1 Å². The first-order chi connectivity index (χ1) is 9.63. The van der Waals surface area contributed by atoms with Crippen molar-refractivity contribution in [1.82, 2.24) is 4.98 Å². The Bertz CT molecular complexity index is 668. The summed E-state index contributed by atoms with van der Waals surface area (Å²) in [6.07, 6.45) is 2.61. The molecule has 0 aliphatic rings. The highest BCUT2D eigenvalue weighted by Crippen LogP contribution is 2.20. The number of amides is 1. The highest BCUT2D eigenvalue weighted by atomic mass is 16.4. The quantitative estimate of drug-likeness (QED) is 0.453. The molecule has 6 nitrogen and oxygen atoms in total. The molecule has 3 N–H and O–H groups in total. The maximum Gasteiger partial charge on any atom is 0.259 e. The van der Waals surface area contributed by atoms with E-state index in [0.29, 0.717) is 17.0 Å². The van der Waals surface area contributed by atoms with Gasteiger partial charge in [0, 0.05) is 11.8 Å². The van der Waals surface area contributed by atoms with E-state index in [0.717, 1.165) is 0 Å². The van der Waals surface area contributed by atoms with Crippen LogP contribution in [0.4, 0.5) is 5.69 Å². The molecule has 102 valence electrons. The number of rotatable bonds is 3. The smallest absolute Gasteiger partial charge is 0.259 e. The zero-order valence-corrected chi connectivity index (χ0v) is 10.7. The van der Waals surface area contributed by atoms with Gasteiger partial charge in [-0.2, -0.15) is 0 Å². The van der Waals surface area contributed by atoms with Crippen LogP contribution in [0.2, 0.25) is 0 Å². The lowest BCUT2D eigenvalue weighted by Gasteiger charge is -2.10. The zero-order chi connectivity index (χ0) is 14.5. The van der Waals surface area contributed by atoms with Gasteiger partial charge in [0.2, 0.25) is 0 Å². The fourth-order valence-corrected chi connectivity index (χ4v) is 1.73. The predicted molar refractivity (Wildman–Crippen MR) is 74.3 cm³/mol. The van der Waals surface area contributed by atoms with Crippen LogP contribution >= 0.6 is 0 Å². The lowest BCUT2D eigenvalue weighted by molar-refractivity contribution is 0.102. The Morgan fingerprint density at radius 3 is 2.70 bits per heavy atom. The number of carbonyl (C=O) groups is 1. The topological polar surface area (TPSA) is 94.8 Å². The monoisotopic (exact) mass is 271 g/mol. The number of hydrogen-bond acceptors (Lipinski definition) is 5. The zero-order valence-electron chi connectivity index (χ0n) is 10.7. The summed E-state index contributed by atoms with van der Waals surface area (Å²) in [5.74, 6) is -0.668. The largest absolute Gasteiger partial charge is 0.505 e. The number of para-hydroxylation sites is 1. The average molecular weight is 271 g/mol. The van der Waals surface area contributed by atoms with Crippen LogP contribution in [0.5, 0.6) is 5.75 Å². The Labute approximate surface area is 115 Å². The molecule has 0 aliphatic carbocycles. The minimum atomic E-state index is -0.469. The molecule has 1 heterocycles. The molecule has 0 radical (unpaired) electrons. The Kier molecular flexibility index (Phi) is 3.95. The maximum atomic E-state index is 12.1. The van der Waals surface area contributed by atoms with Gasteiger partial charge in [-0.1, -0.05) is 23.4 Å². The number of nitrogens with zero attached hydrogens (tertiary/aromatic N) is 2. The second kappa shape index (κ2) is 5.83. The van der Waals surface area contributed by atoms with E-state index >= 15 is 0 Å². The first-order valence-electron chi connectivity index (χ1n) is 5.86. The van der Waals surface area contributed by atoms with Gasteiger partial charge >= 0.3 is 0 Å². The van der Waals surface area contributed by atoms with E-state index in [2.05, 4.69) is 15.5 Å². The Hall–Kier alpha value is -2.89. The van der Waals surface area contributed by atoms with Crippen molar-refractivity contribution in [3.05, 3.63) is 53.9 Å². The minimum Gasteiger partial charge on any atom is -0.505 e. The molecular weight excluding hydrogens is 258 g/mol. The maximum absolute atomic E-state index is 12.1. The third-order valence-electron chi connectivity index (χ3n) is 2.76. The van der Waals surface area contributed by atoms with E-state index in [4.69, 9.17) is 5.21 Å². The van der Waals surface area contributed by atoms with Gasteiger partial charge in [0.1, 0.15) is 5.75 Å². The fraction of sp³-hybridized carbons (Fsp3) is 0.0714. The van der Waals surface area contributed by atoms with Crippen LogP contribution in [0.15, 0.2) is 47.9 Å². The molecule has 1 aromatic carbocycles. The van der Waals surface area contributed by atoms with Crippen molar-refractivity contribution in [2.75, 3.05) is 5.32 Å². The van der Waals surface area contributed by atoms with Gasteiger partial charge in [-0.05, 0) is 19.1 Å². The van der Waals surface area contributed by atoms with Crippen LogP contribution in [0.1, 0.15) is 22.8 Å². The highest BCUT2D eigenvalue weighted by Gasteiger charge is 2.13. The summed E-state index contributed by atoms with van der Waals surface area (Å²) in [5, 5.41) is 24.2. The summed E-state index contributed by atoms with van der Waals surface area (Å²) in [6.45, 7) is 1.62. The molecule has 20 heavy (non-hydrogen) atoms. The highest BCUT2D eigenvalue weighted by molar-refractivity contribution is 6.11. The second-order valence-electron chi connectivity index (χ2n) is 4.08. The fourth-order valence-electron chi connectivity index (χ4n) is 1.73. The van der Waals surface area contributed by atoms with Gasteiger partial charge < -0.3 is 15.6 Å². The van der Waals surface area contributed by atoms with Crippen molar-refractivity contribution in [3.8, 4) is 5.75 Å². The molecule has 0 atom stereocenters. The number of oxime groups is 1. The standard InChI is InChI=1S/C14H13N3O3/c1-9(17-20)10-4-2-3-5-12(10)16-14(19)11-6-7-15-8-13(11)18/h2-8,18,20H,1H3,(H,16,19)/b17-9-. The number of aromatic hydroxyl groups is 1. The van der Waals surface area contributed by atoms with Crippen molar-refractivity contribution in [3.63, 3.8) is 0 Å². The van der Waals surface area contributed by atoms with Crippen LogP contribution in [-0.2, 0) is 0 Å². The van der Waals surface area contributed by atoms with Crippen molar-refractivity contribution in [1.29, 1.82) is 0 Å². The van der Waals surface area contributed by atoms with Crippen LogP contribution in [-0.4, -0.2) is 26.9 Å². The molecule has 1 amide bonds. The summed E-state index contributed by atoms with van der Waals surface area (Å²) in [5.41, 5.74) is 1.58. The minimum absolute atomic E-state index is 0.119. The van der Waals surface area contributed by atoms with E-state index in [-0.39, 0.29) is 11.3 Å². The van der Waals surface area contributed by atoms with Crippen molar-refractivity contribution >= 4 is 17.3 Å². The Morgan fingerprint density at radius 2 is 2.00 bits per heavy atom. The predicted octanol–water partition coefficient (Wildman–Crippen LogP) is 2.24. The number of carbonyl (C=O) groups excluding carboxylic acids is 1. The van der Waals surface area contributed by atoms with E-state index in [1.807, 2.05) is 0 Å². The second-order valence-corrected chi connectivity index (χ2v) is 4.08. The molecule has 0 aliphatic heterocycles. The number of pyridine rings is 1. The van der Waals surface area contributed by atoms with Crippen LogP contribution in [0, 0.1) is 0 Å². The Balaban J connectivity index is 2.32. The van der Waals surface area contributed by atoms with Gasteiger partial charge in [-0.25, -0.2) is 0 Å². The molecule has 0 saturated heterocycles. The van der Waals surface area contributed by atoms with E-state index < -0.39 is 5.91 Å². The van der Waals surface area contributed by atoms with Crippen LogP contribution < -0.4 is 5.32 Å². The molecular formula is C14H13N3O3. The first-order valence-corrected chi connectivity index (χ1v) is 5.86. The number of benzene rings is 1. The third kappa shape index (κ3) is 2.74. The molecule has 1 aromatic heterocycles. The van der Waals surface area contributed by atoms with E-state index in [9.17, 15) is 9.90 Å². The van der Waals surface area contributed by atoms with E-state index in [1.54, 1.807) is 31.2 Å². The van der Waals surface area contributed by atoms with Gasteiger partial charge in [0.05, 0.1) is 23.2 Å². The lowest BCUT2D eigenvalue weighted by atomic mass is 10.1. The summed E-state index contributed by atoms with van der Waals surface area (Å²) in [4.78, 5) is 15.8. The van der Waals surface area contributed by atoms with Gasteiger partial charge in [-0.15, -0.1) is 0 Å². The molecule has 0 spiro atoms. The third-order valence-corrected chi connectivity index (χ3v) is 2.76. The van der Waals surface area contributed by atoms with Gasteiger partial charge in [0.25, 0.3) is 5.91 Å². The first kappa shape index (κ1) is 13.5. The number of nitrogens with one attached hydrogen (secondary N) is 1. The average Bonchev–Trinajstić information content (AvgIpc) is 2.47. The van der Waals surface area contributed by atoms with Crippen molar-refractivity contribution in [2.45, 2.75) is 6.92 Å². The molecule has 2 aromatic rings. The lowest BCUT2D eigenvalue weighted by Crippen LogP contribution is -2.14. The SMILES string of the molecule is C/C(=N/O)c1ccccc1NC(=O)c1ccncc1O. The van der Waals surface area contributed by atoms with Crippen LogP contribution in [0.3, 0.4) is 0 Å². The number of aromatic nitrogens is 1. The summed E-state index contributed by atoms with van der Waals surface area (Å²) < 4.78 is 0. The molecule has 0 unspecified atom stereocenters. The normalized spacial score (nSPS) is 11.2. The molecule has 0 saturated carbocycles. The molecule has 6 heteroatoms. The molecule has 0 bridgehead atoms. The molecule has 0 fully saturated rings. The Morgan fingerprint density at radius 1 is 1.25 bits per heavy atom. The number of anilines is 1. The van der Waals surface area contributed by atoms with Crippen molar-refractivity contribution in [2.24, 2.45) is 5.16 Å². The summed E-state index contributed by atoms with van der Waals surface area (Å²) >= 11 is 0.